The highest BCUT2D eigenvalue weighted by Gasteiger charge is 2.20. The first kappa shape index (κ1) is 14.6. The summed E-state index contributed by atoms with van der Waals surface area (Å²) in [7, 11) is 0. The highest BCUT2D eigenvalue weighted by molar-refractivity contribution is 5.93. The zero-order chi connectivity index (χ0) is 14.5. The van der Waals surface area contributed by atoms with Crippen LogP contribution in [0.25, 0.3) is 0 Å². The Hall–Kier alpha value is -1.85. The molecule has 0 aliphatic heterocycles. The number of carbonyl (C=O) groups excluding carboxylic acids is 1. The monoisotopic (exact) mass is 279 g/mol. The van der Waals surface area contributed by atoms with Gasteiger partial charge in [-0.15, -0.1) is 0 Å². The molecule has 2 N–H and O–H groups in total. The van der Waals surface area contributed by atoms with Crippen molar-refractivity contribution in [3.8, 4) is 0 Å². The number of hydrogen-bond acceptors (Lipinski definition) is 3. The van der Waals surface area contributed by atoms with Gasteiger partial charge in [-0.2, -0.15) is 5.10 Å². The molecular formula is C14H21N3O3. The standard InChI is InChI=1S/C14H21N3O3/c1-10-2-4-12(5-3-10)16-14(20)11-8-15-17(9-11)7-6-13(18)19/h8-10,12H,2-7H2,1H3,(H,16,20)(H,18,19). The maximum Gasteiger partial charge on any atom is 0.305 e. The summed E-state index contributed by atoms with van der Waals surface area (Å²) >= 11 is 0. The molecule has 6 heteroatoms. The second-order valence-electron chi connectivity index (χ2n) is 5.57. The summed E-state index contributed by atoms with van der Waals surface area (Å²) in [4.78, 5) is 22.5. The molecule has 0 aromatic carbocycles. The van der Waals surface area contributed by atoms with Gasteiger partial charge in [-0.1, -0.05) is 6.92 Å². The molecule has 110 valence electrons. The molecule has 0 radical (unpaired) electrons. The highest BCUT2D eigenvalue weighted by atomic mass is 16.4. The quantitative estimate of drug-likeness (QED) is 0.858. The van der Waals surface area contributed by atoms with Gasteiger partial charge in [-0.3, -0.25) is 14.3 Å². The third-order valence-corrected chi connectivity index (χ3v) is 3.80. The van der Waals surface area contributed by atoms with Gasteiger partial charge < -0.3 is 10.4 Å². The summed E-state index contributed by atoms with van der Waals surface area (Å²) in [5, 5.41) is 15.6. The zero-order valence-corrected chi connectivity index (χ0v) is 11.7. The van der Waals surface area contributed by atoms with Crippen LogP contribution in [0.4, 0.5) is 0 Å². The number of carboxylic acids is 1. The predicted octanol–water partition coefficient (Wildman–Crippen LogP) is 1.67. The smallest absolute Gasteiger partial charge is 0.305 e. The van der Waals surface area contributed by atoms with Crippen LogP contribution in [0.3, 0.4) is 0 Å². The third kappa shape index (κ3) is 4.08. The molecule has 1 aromatic rings. The number of rotatable bonds is 5. The molecule has 6 nitrogen and oxygen atoms in total. The Balaban J connectivity index is 1.84. The molecule has 1 heterocycles. The molecule has 0 atom stereocenters. The Kier molecular flexibility index (Phi) is 4.76. The third-order valence-electron chi connectivity index (χ3n) is 3.80. The van der Waals surface area contributed by atoms with E-state index in [0.717, 1.165) is 31.6 Å². The van der Waals surface area contributed by atoms with Gasteiger partial charge in [0.25, 0.3) is 5.91 Å². The van der Waals surface area contributed by atoms with Crippen LogP contribution in [0.5, 0.6) is 0 Å². The molecule has 0 bridgehead atoms. The largest absolute Gasteiger partial charge is 0.481 e. The van der Waals surface area contributed by atoms with Crippen LogP contribution in [-0.2, 0) is 11.3 Å². The lowest BCUT2D eigenvalue weighted by Gasteiger charge is -2.26. The number of amides is 1. The van der Waals surface area contributed by atoms with Crippen molar-refractivity contribution in [3.05, 3.63) is 18.0 Å². The van der Waals surface area contributed by atoms with E-state index in [9.17, 15) is 9.59 Å². The molecule has 1 saturated carbocycles. The van der Waals surface area contributed by atoms with Crippen molar-refractivity contribution in [1.82, 2.24) is 15.1 Å². The number of nitrogens with zero attached hydrogens (tertiary/aromatic N) is 2. The average Bonchev–Trinajstić information content (AvgIpc) is 2.88. The number of carbonyl (C=O) groups is 2. The van der Waals surface area contributed by atoms with E-state index in [-0.39, 0.29) is 24.9 Å². The molecule has 20 heavy (non-hydrogen) atoms. The molecule has 2 rings (SSSR count). The Bertz CT molecular complexity index is 476. The number of aryl methyl sites for hydroxylation is 1. The van der Waals surface area contributed by atoms with Gasteiger partial charge in [-0.05, 0) is 31.6 Å². The maximum atomic E-state index is 12.1. The molecule has 1 aliphatic rings. The van der Waals surface area contributed by atoms with Crippen LogP contribution in [0.15, 0.2) is 12.4 Å². The molecule has 0 unspecified atom stereocenters. The van der Waals surface area contributed by atoms with Gasteiger partial charge in [0.1, 0.15) is 0 Å². The fourth-order valence-electron chi connectivity index (χ4n) is 2.49. The van der Waals surface area contributed by atoms with Crippen molar-refractivity contribution in [2.45, 2.75) is 51.6 Å². The fraction of sp³-hybridized carbons (Fsp3) is 0.643. The Morgan fingerprint density at radius 2 is 2.10 bits per heavy atom. The molecule has 1 amide bonds. The van der Waals surface area contributed by atoms with Crippen molar-refractivity contribution in [3.63, 3.8) is 0 Å². The van der Waals surface area contributed by atoms with Gasteiger partial charge in [-0.25, -0.2) is 0 Å². The number of nitrogens with one attached hydrogen (secondary N) is 1. The molecule has 0 saturated heterocycles. The van der Waals surface area contributed by atoms with Crippen LogP contribution in [0, 0.1) is 5.92 Å². The summed E-state index contributed by atoms with van der Waals surface area (Å²) in [6.45, 7) is 2.52. The lowest BCUT2D eigenvalue weighted by molar-refractivity contribution is -0.137. The fourth-order valence-corrected chi connectivity index (χ4v) is 2.49. The zero-order valence-electron chi connectivity index (χ0n) is 11.7. The average molecular weight is 279 g/mol. The van der Waals surface area contributed by atoms with Crippen LogP contribution < -0.4 is 5.32 Å². The molecule has 1 aliphatic carbocycles. The molecule has 1 aromatic heterocycles. The number of aromatic nitrogens is 2. The van der Waals surface area contributed by atoms with Crippen LogP contribution >= 0.6 is 0 Å². The Morgan fingerprint density at radius 3 is 2.75 bits per heavy atom. The highest BCUT2D eigenvalue weighted by Crippen LogP contribution is 2.23. The van der Waals surface area contributed by atoms with Gasteiger partial charge >= 0.3 is 5.97 Å². The predicted molar refractivity (Wildman–Crippen MR) is 73.4 cm³/mol. The van der Waals surface area contributed by atoms with Crippen molar-refractivity contribution < 1.29 is 14.7 Å². The van der Waals surface area contributed by atoms with Gasteiger partial charge in [0.2, 0.25) is 0 Å². The Morgan fingerprint density at radius 1 is 1.40 bits per heavy atom. The first-order valence-electron chi connectivity index (χ1n) is 7.09. The summed E-state index contributed by atoms with van der Waals surface area (Å²) in [5.74, 6) is -0.240. The van der Waals surface area contributed by atoms with E-state index in [1.165, 1.54) is 10.9 Å². The van der Waals surface area contributed by atoms with Gasteiger partial charge in [0, 0.05) is 12.2 Å². The van der Waals surface area contributed by atoms with Crippen LogP contribution in [0.2, 0.25) is 0 Å². The summed E-state index contributed by atoms with van der Waals surface area (Å²) in [6, 6.07) is 0.251. The number of hydrogen-bond donors (Lipinski definition) is 2. The lowest BCUT2D eigenvalue weighted by Crippen LogP contribution is -2.37. The van der Waals surface area contributed by atoms with E-state index in [1.54, 1.807) is 6.20 Å². The van der Waals surface area contributed by atoms with E-state index in [0.29, 0.717) is 5.56 Å². The van der Waals surface area contributed by atoms with Crippen molar-refractivity contribution in [1.29, 1.82) is 0 Å². The van der Waals surface area contributed by atoms with Gasteiger partial charge in [0.05, 0.1) is 24.7 Å². The molecule has 1 fully saturated rings. The summed E-state index contributed by atoms with van der Waals surface area (Å²) < 4.78 is 1.49. The first-order chi connectivity index (χ1) is 9.54. The number of aliphatic carboxylic acids is 1. The van der Waals surface area contributed by atoms with E-state index in [2.05, 4.69) is 17.3 Å². The maximum absolute atomic E-state index is 12.1. The normalized spacial score (nSPS) is 22.4. The minimum atomic E-state index is -0.872. The second kappa shape index (κ2) is 6.54. The van der Waals surface area contributed by atoms with Crippen LogP contribution in [-0.4, -0.2) is 32.8 Å². The van der Waals surface area contributed by atoms with E-state index >= 15 is 0 Å². The van der Waals surface area contributed by atoms with Crippen LogP contribution in [0.1, 0.15) is 49.4 Å². The lowest BCUT2D eigenvalue weighted by atomic mass is 9.87. The summed E-state index contributed by atoms with van der Waals surface area (Å²) in [5.41, 5.74) is 0.494. The van der Waals surface area contributed by atoms with E-state index in [4.69, 9.17) is 5.11 Å². The van der Waals surface area contributed by atoms with Crippen molar-refractivity contribution in [2.24, 2.45) is 5.92 Å². The molecule has 0 spiro atoms. The van der Waals surface area contributed by atoms with E-state index < -0.39 is 5.97 Å². The topological polar surface area (TPSA) is 84.2 Å². The Labute approximate surface area is 118 Å². The minimum Gasteiger partial charge on any atom is -0.481 e. The number of carboxylic acid groups (broad SMARTS) is 1. The SMILES string of the molecule is CC1CCC(NC(=O)c2cnn(CCC(=O)O)c2)CC1. The van der Waals surface area contributed by atoms with Crippen molar-refractivity contribution >= 4 is 11.9 Å². The first-order valence-corrected chi connectivity index (χ1v) is 7.09. The van der Waals surface area contributed by atoms with E-state index in [1.807, 2.05) is 0 Å². The van der Waals surface area contributed by atoms with Gasteiger partial charge in [0.15, 0.2) is 0 Å². The molecular weight excluding hydrogens is 258 g/mol. The minimum absolute atomic E-state index is 0.00323. The summed E-state index contributed by atoms with van der Waals surface area (Å²) in [6.07, 6.45) is 7.46. The van der Waals surface area contributed by atoms with Crippen molar-refractivity contribution in [2.75, 3.05) is 0 Å². The second-order valence-corrected chi connectivity index (χ2v) is 5.57.